The molecule has 1 aromatic rings. The predicted molar refractivity (Wildman–Crippen MR) is 63.5 cm³/mol. The van der Waals surface area contributed by atoms with Crippen molar-refractivity contribution in [1.29, 1.82) is 0 Å². The van der Waals surface area contributed by atoms with Crippen LogP contribution in [-0.2, 0) is 6.18 Å². The topological polar surface area (TPSA) is 24.9 Å². The van der Waals surface area contributed by atoms with Gasteiger partial charge in [-0.15, -0.1) is 11.8 Å². The maximum Gasteiger partial charge on any atom is 0.419 e. The first-order chi connectivity index (χ1) is 7.95. The summed E-state index contributed by atoms with van der Waals surface area (Å²) in [6.07, 6.45) is -2.62. The summed E-state index contributed by atoms with van der Waals surface area (Å²) in [7, 11) is 0. The van der Waals surface area contributed by atoms with E-state index in [1.165, 1.54) is 6.20 Å². The van der Waals surface area contributed by atoms with Crippen molar-refractivity contribution in [2.24, 2.45) is 0 Å². The van der Waals surface area contributed by atoms with Crippen molar-refractivity contribution in [3.8, 4) is 11.8 Å². The van der Waals surface area contributed by atoms with Gasteiger partial charge < -0.3 is 5.32 Å². The first-order valence-corrected chi connectivity index (χ1v) is 5.60. The fraction of sp³-hybridized carbons (Fsp3) is 0.364. The molecule has 1 heterocycles. The number of hydrogen-bond donors (Lipinski definition) is 1. The maximum absolute atomic E-state index is 12.7. The highest BCUT2D eigenvalue weighted by atomic mass is 79.9. The van der Waals surface area contributed by atoms with E-state index in [1.54, 1.807) is 6.92 Å². The molecule has 0 aliphatic rings. The highest BCUT2D eigenvalue weighted by Gasteiger charge is 2.34. The molecule has 6 heteroatoms. The quantitative estimate of drug-likeness (QED) is 0.680. The van der Waals surface area contributed by atoms with Gasteiger partial charge in [0.1, 0.15) is 5.82 Å². The van der Waals surface area contributed by atoms with Crippen LogP contribution in [0.2, 0.25) is 0 Å². The minimum absolute atomic E-state index is 0.168. The van der Waals surface area contributed by atoms with Gasteiger partial charge in [-0.25, -0.2) is 4.98 Å². The summed E-state index contributed by atoms with van der Waals surface area (Å²) in [6, 6.07) is 1.00. The molecule has 1 rings (SSSR count). The Balaban J connectivity index is 2.86. The number of rotatable bonds is 3. The van der Waals surface area contributed by atoms with Gasteiger partial charge in [0, 0.05) is 23.6 Å². The smallest absolute Gasteiger partial charge is 0.369 e. The summed E-state index contributed by atoms with van der Waals surface area (Å²) in [5, 5.41) is 2.63. The molecule has 0 fully saturated rings. The van der Waals surface area contributed by atoms with Crippen LogP contribution in [-0.4, -0.2) is 11.5 Å². The number of aromatic nitrogens is 1. The fourth-order valence-electron chi connectivity index (χ4n) is 1.16. The van der Waals surface area contributed by atoms with E-state index >= 15 is 0 Å². The van der Waals surface area contributed by atoms with Crippen molar-refractivity contribution >= 4 is 21.7 Å². The molecule has 0 saturated carbocycles. The van der Waals surface area contributed by atoms with Crippen molar-refractivity contribution in [2.45, 2.75) is 19.5 Å². The highest BCUT2D eigenvalue weighted by molar-refractivity contribution is 9.10. The Labute approximate surface area is 106 Å². The number of pyridine rings is 1. The summed E-state index contributed by atoms with van der Waals surface area (Å²) < 4.78 is 38.3. The van der Waals surface area contributed by atoms with E-state index in [1.807, 2.05) is 0 Å². The molecule has 0 radical (unpaired) electrons. The molecule has 1 aromatic heterocycles. The van der Waals surface area contributed by atoms with Crippen molar-refractivity contribution in [2.75, 3.05) is 11.9 Å². The Kier molecular flexibility index (Phi) is 4.82. The minimum Gasteiger partial charge on any atom is -0.369 e. The van der Waals surface area contributed by atoms with Gasteiger partial charge in [0.25, 0.3) is 0 Å². The van der Waals surface area contributed by atoms with E-state index in [0.29, 0.717) is 17.4 Å². The lowest BCUT2D eigenvalue weighted by molar-refractivity contribution is -0.137. The lowest BCUT2D eigenvalue weighted by Gasteiger charge is -2.13. The average Bonchev–Trinajstić information content (AvgIpc) is 2.25. The summed E-state index contributed by atoms with van der Waals surface area (Å²) in [5.74, 6) is 5.26. The van der Waals surface area contributed by atoms with Crippen LogP contribution in [0.1, 0.15) is 18.9 Å². The third-order valence-corrected chi connectivity index (χ3v) is 2.31. The van der Waals surface area contributed by atoms with Crippen LogP contribution in [0.25, 0.3) is 0 Å². The molecule has 0 saturated heterocycles. The molecule has 0 aliphatic carbocycles. The van der Waals surface area contributed by atoms with Gasteiger partial charge in [-0.05, 0) is 28.9 Å². The third kappa shape index (κ3) is 4.27. The predicted octanol–water partition coefficient (Wildman–Crippen LogP) is 3.69. The van der Waals surface area contributed by atoms with Gasteiger partial charge in [0.05, 0.1) is 5.56 Å². The molecule has 2 nitrogen and oxygen atoms in total. The van der Waals surface area contributed by atoms with Crippen LogP contribution in [0.15, 0.2) is 16.7 Å². The molecule has 0 amide bonds. The van der Waals surface area contributed by atoms with Crippen LogP contribution in [0.5, 0.6) is 0 Å². The normalized spacial score (nSPS) is 10.6. The summed E-state index contributed by atoms with van der Waals surface area (Å²) in [6.45, 7) is 2.01. The fourth-order valence-corrected chi connectivity index (χ4v) is 1.50. The van der Waals surface area contributed by atoms with Crippen LogP contribution < -0.4 is 5.32 Å². The Morgan fingerprint density at radius 3 is 2.76 bits per heavy atom. The van der Waals surface area contributed by atoms with Gasteiger partial charge in [-0.1, -0.05) is 0 Å². The molecule has 0 spiro atoms. The van der Waals surface area contributed by atoms with Crippen LogP contribution in [0.3, 0.4) is 0 Å². The number of anilines is 1. The zero-order chi connectivity index (χ0) is 12.9. The van der Waals surface area contributed by atoms with Gasteiger partial charge in [-0.2, -0.15) is 13.2 Å². The van der Waals surface area contributed by atoms with Crippen molar-refractivity contribution in [3.63, 3.8) is 0 Å². The number of nitrogens with one attached hydrogen (secondary N) is 1. The van der Waals surface area contributed by atoms with E-state index in [0.717, 1.165) is 6.07 Å². The second-order valence-corrected chi connectivity index (χ2v) is 4.07. The Morgan fingerprint density at radius 1 is 1.47 bits per heavy atom. The Morgan fingerprint density at radius 2 is 2.18 bits per heavy atom. The summed E-state index contributed by atoms with van der Waals surface area (Å²) in [5.41, 5.74) is -0.781. The molecule has 0 atom stereocenters. The molecule has 92 valence electrons. The van der Waals surface area contributed by atoms with Crippen LogP contribution in [0.4, 0.5) is 19.0 Å². The van der Waals surface area contributed by atoms with Crippen molar-refractivity contribution in [1.82, 2.24) is 4.98 Å². The zero-order valence-corrected chi connectivity index (χ0v) is 10.6. The van der Waals surface area contributed by atoms with Gasteiger partial charge in [0.2, 0.25) is 0 Å². The standard InChI is InChI=1S/C11H10BrF3N2/c1-2-3-4-5-16-10-9(11(13,14)15)6-8(12)7-17-10/h6-7H,4-5H2,1H3,(H,16,17). The second kappa shape index (κ2) is 5.92. The largest absolute Gasteiger partial charge is 0.419 e. The van der Waals surface area contributed by atoms with Gasteiger partial charge in [-0.3, -0.25) is 0 Å². The molecule has 1 N–H and O–H groups in total. The van der Waals surface area contributed by atoms with Crippen molar-refractivity contribution in [3.05, 3.63) is 22.3 Å². The van der Waals surface area contributed by atoms with Crippen molar-refractivity contribution < 1.29 is 13.2 Å². The van der Waals surface area contributed by atoms with Crippen LogP contribution >= 0.6 is 15.9 Å². The van der Waals surface area contributed by atoms with E-state index < -0.39 is 11.7 Å². The SMILES string of the molecule is CC#CCCNc1ncc(Br)cc1C(F)(F)F. The lowest BCUT2D eigenvalue weighted by Crippen LogP contribution is -2.13. The minimum atomic E-state index is -4.42. The molecule has 0 aliphatic heterocycles. The molecule has 0 bridgehead atoms. The monoisotopic (exact) mass is 306 g/mol. The third-order valence-electron chi connectivity index (χ3n) is 1.88. The Bertz CT molecular complexity index is 446. The first kappa shape index (κ1) is 13.8. The van der Waals surface area contributed by atoms with E-state index in [9.17, 15) is 13.2 Å². The second-order valence-electron chi connectivity index (χ2n) is 3.15. The molecular formula is C11H10BrF3N2. The average molecular weight is 307 g/mol. The number of halogens is 4. The molecule has 0 unspecified atom stereocenters. The van der Waals surface area contributed by atoms with Crippen LogP contribution in [0, 0.1) is 11.8 Å². The maximum atomic E-state index is 12.7. The first-order valence-electron chi connectivity index (χ1n) is 4.81. The Hall–Kier alpha value is -1.22. The molecular weight excluding hydrogens is 297 g/mol. The number of hydrogen-bond acceptors (Lipinski definition) is 2. The number of nitrogens with zero attached hydrogens (tertiary/aromatic N) is 1. The summed E-state index contributed by atoms with van der Waals surface area (Å²) >= 11 is 2.97. The highest BCUT2D eigenvalue weighted by Crippen LogP contribution is 2.35. The van der Waals surface area contributed by atoms with E-state index in [2.05, 4.69) is 38.1 Å². The van der Waals surface area contributed by atoms with Gasteiger partial charge >= 0.3 is 6.18 Å². The van der Waals surface area contributed by atoms with E-state index in [4.69, 9.17) is 0 Å². The van der Waals surface area contributed by atoms with Gasteiger partial charge in [0.15, 0.2) is 0 Å². The number of alkyl halides is 3. The zero-order valence-electron chi connectivity index (χ0n) is 9.03. The lowest BCUT2D eigenvalue weighted by atomic mass is 10.2. The van der Waals surface area contributed by atoms with E-state index in [-0.39, 0.29) is 5.82 Å². The summed E-state index contributed by atoms with van der Waals surface area (Å²) in [4.78, 5) is 3.72. The molecule has 0 aromatic carbocycles. The molecule has 17 heavy (non-hydrogen) atoms.